The van der Waals surface area contributed by atoms with Crippen LogP contribution in [0.2, 0.25) is 0 Å². The summed E-state index contributed by atoms with van der Waals surface area (Å²) in [6.45, 7) is 4.03. The summed E-state index contributed by atoms with van der Waals surface area (Å²) in [7, 11) is 0. The van der Waals surface area contributed by atoms with Crippen molar-refractivity contribution in [1.29, 1.82) is 0 Å². The van der Waals surface area contributed by atoms with E-state index in [1.165, 1.54) is 186 Å². The van der Waals surface area contributed by atoms with Crippen molar-refractivity contribution in [1.82, 2.24) is 0 Å². The summed E-state index contributed by atoms with van der Waals surface area (Å²) in [6.07, 6.45) is 110. The number of unbranched alkanes of at least 4 members (excludes halogenated alkanes) is 32. The van der Waals surface area contributed by atoms with Crippen LogP contribution in [0.4, 0.5) is 0 Å². The van der Waals surface area contributed by atoms with E-state index in [0.717, 1.165) is 109 Å². The highest BCUT2D eigenvalue weighted by atomic mass is 16.6. The number of ether oxygens (including phenoxy) is 2. The first-order chi connectivity index (χ1) is 41.6. The molecule has 1 atom stereocenters. The Morgan fingerprint density at radius 2 is 0.512 bits per heavy atom. The van der Waals surface area contributed by atoms with Crippen LogP contribution in [-0.2, 0) is 19.1 Å². The molecule has 478 valence electrons. The molecule has 0 bridgehead atoms. The van der Waals surface area contributed by atoms with E-state index in [-0.39, 0.29) is 25.2 Å². The molecule has 0 aliphatic heterocycles. The summed E-state index contributed by atoms with van der Waals surface area (Å²) >= 11 is 0. The van der Waals surface area contributed by atoms with Crippen LogP contribution in [0, 0.1) is 0 Å². The van der Waals surface area contributed by atoms with Crippen molar-refractivity contribution in [2.45, 2.75) is 328 Å². The Labute approximate surface area is 520 Å². The molecule has 5 nitrogen and oxygen atoms in total. The summed E-state index contributed by atoms with van der Waals surface area (Å²) in [4.78, 5) is 24.7. The standard InChI is InChI=1S/C79H132O5/c1-3-5-7-9-11-13-15-17-19-21-23-25-27-29-31-33-35-36-37-38-39-40-41-42-44-46-48-50-52-54-56-58-60-62-64-66-68-70-72-74-79(82)84-77(75-80)76-83-78(81)73-71-69-67-65-63-61-59-57-55-53-51-49-47-45-43-34-32-30-28-26-24-22-20-18-16-14-12-10-8-6-4-2/h5,7,11,13,16-19,22-25,28-31,35-36,38-39,41-42,46,48,77,80H,3-4,6,8-10,12,14-15,20-21,26-27,32-34,37,40,43-45,47,49-76H2,1-2H3/b7-5-,13-11-,18-16-,19-17-,24-22-,25-23-,30-28-,31-29-,36-35-,39-38-,42-41-,48-46-. The third-order valence-electron chi connectivity index (χ3n) is 15.1. The van der Waals surface area contributed by atoms with Crippen LogP contribution in [0.1, 0.15) is 322 Å². The number of allylic oxidation sites excluding steroid dienone is 24. The second-order valence-electron chi connectivity index (χ2n) is 23.2. The van der Waals surface area contributed by atoms with Gasteiger partial charge in [0.25, 0.3) is 0 Å². The Morgan fingerprint density at radius 3 is 0.774 bits per heavy atom. The molecule has 0 saturated heterocycles. The van der Waals surface area contributed by atoms with Crippen molar-refractivity contribution in [2.24, 2.45) is 0 Å². The number of hydrogen-bond donors (Lipinski definition) is 1. The summed E-state index contributed by atoms with van der Waals surface area (Å²) in [5, 5.41) is 9.71. The maximum Gasteiger partial charge on any atom is 0.306 e. The Hall–Kier alpha value is -4.22. The van der Waals surface area contributed by atoms with Gasteiger partial charge in [-0.2, -0.15) is 0 Å². The molecule has 0 aromatic carbocycles. The summed E-state index contributed by atoms with van der Waals surface area (Å²) in [6, 6.07) is 0. The molecule has 1 unspecified atom stereocenters. The van der Waals surface area contributed by atoms with E-state index in [2.05, 4.69) is 160 Å². The average Bonchev–Trinajstić information content (AvgIpc) is 3.51. The fourth-order valence-corrected chi connectivity index (χ4v) is 9.85. The third kappa shape index (κ3) is 70.3. The second kappa shape index (κ2) is 73.0. The molecule has 0 radical (unpaired) electrons. The SMILES string of the molecule is CC/C=C\C/C=C\C/C=C\C/C=C\C/C=C\C/C=C\C/C=C\C/C=C\C/C=C\CCCCCCCCCCCCCC(=O)OC(CO)COC(=O)CCCCCCCCCCCCCCCCCC/C=C\C/C=C\C/C=C\CCCCCCC. The smallest absolute Gasteiger partial charge is 0.306 e. The summed E-state index contributed by atoms with van der Waals surface area (Å²) < 4.78 is 10.8. The quantitative estimate of drug-likeness (QED) is 0.0373. The lowest BCUT2D eigenvalue weighted by molar-refractivity contribution is -0.161. The van der Waals surface area contributed by atoms with E-state index in [1.807, 2.05) is 0 Å². The van der Waals surface area contributed by atoms with Crippen molar-refractivity contribution < 1.29 is 24.2 Å². The van der Waals surface area contributed by atoms with Crippen LogP contribution in [0.15, 0.2) is 146 Å². The number of rotatable bonds is 64. The third-order valence-corrected chi connectivity index (χ3v) is 15.1. The molecule has 0 rings (SSSR count). The molecule has 0 aliphatic carbocycles. The number of aliphatic hydroxyl groups is 1. The van der Waals surface area contributed by atoms with Gasteiger partial charge in [-0.1, -0.05) is 333 Å². The highest BCUT2D eigenvalue weighted by Gasteiger charge is 2.16. The Morgan fingerprint density at radius 1 is 0.286 bits per heavy atom. The topological polar surface area (TPSA) is 72.8 Å². The molecule has 0 amide bonds. The molecule has 84 heavy (non-hydrogen) atoms. The van der Waals surface area contributed by atoms with Crippen LogP contribution >= 0.6 is 0 Å². The Balaban J connectivity index is 3.52. The molecule has 0 aromatic heterocycles. The second-order valence-corrected chi connectivity index (χ2v) is 23.2. The van der Waals surface area contributed by atoms with E-state index < -0.39 is 6.10 Å². The van der Waals surface area contributed by atoms with E-state index in [9.17, 15) is 14.7 Å². The molecular weight excluding hydrogens is 1030 g/mol. The van der Waals surface area contributed by atoms with E-state index >= 15 is 0 Å². The molecule has 0 fully saturated rings. The van der Waals surface area contributed by atoms with Gasteiger partial charge in [0.2, 0.25) is 0 Å². The number of esters is 2. The Kier molecular flexibility index (Phi) is 69.4. The van der Waals surface area contributed by atoms with Gasteiger partial charge in [0.1, 0.15) is 6.61 Å². The van der Waals surface area contributed by atoms with Gasteiger partial charge in [-0.15, -0.1) is 0 Å². The van der Waals surface area contributed by atoms with Crippen molar-refractivity contribution in [3.63, 3.8) is 0 Å². The molecule has 0 spiro atoms. The zero-order valence-electron chi connectivity index (χ0n) is 54.9. The number of aliphatic hydroxyl groups excluding tert-OH is 1. The molecule has 0 saturated carbocycles. The van der Waals surface area contributed by atoms with Gasteiger partial charge in [-0.3, -0.25) is 9.59 Å². The van der Waals surface area contributed by atoms with Gasteiger partial charge in [-0.25, -0.2) is 0 Å². The van der Waals surface area contributed by atoms with Gasteiger partial charge < -0.3 is 14.6 Å². The lowest BCUT2D eigenvalue weighted by atomic mass is 10.0. The molecule has 1 N–H and O–H groups in total. The lowest BCUT2D eigenvalue weighted by Gasteiger charge is -2.15. The first kappa shape index (κ1) is 79.8. The minimum atomic E-state index is -0.784. The molecule has 0 heterocycles. The normalized spacial score (nSPS) is 13.1. The fourth-order valence-electron chi connectivity index (χ4n) is 9.85. The highest BCUT2D eigenvalue weighted by Crippen LogP contribution is 2.17. The van der Waals surface area contributed by atoms with Crippen LogP contribution in [0.5, 0.6) is 0 Å². The lowest BCUT2D eigenvalue weighted by Crippen LogP contribution is -2.28. The molecular formula is C79H132O5. The highest BCUT2D eigenvalue weighted by molar-refractivity contribution is 5.70. The number of carbonyl (C=O) groups is 2. The zero-order chi connectivity index (χ0) is 60.5. The van der Waals surface area contributed by atoms with E-state index in [4.69, 9.17) is 9.47 Å². The van der Waals surface area contributed by atoms with Gasteiger partial charge in [-0.05, 0) is 122 Å². The number of carbonyl (C=O) groups excluding carboxylic acids is 2. The fraction of sp³-hybridized carbons (Fsp3) is 0.671. The summed E-state index contributed by atoms with van der Waals surface area (Å²) in [5.41, 5.74) is 0. The van der Waals surface area contributed by atoms with Crippen LogP contribution in [0.25, 0.3) is 0 Å². The summed E-state index contributed by atoms with van der Waals surface area (Å²) in [5.74, 6) is -0.591. The van der Waals surface area contributed by atoms with Crippen LogP contribution < -0.4 is 0 Å². The molecule has 0 aliphatic rings. The average molecular weight is 1160 g/mol. The zero-order valence-corrected chi connectivity index (χ0v) is 54.9. The van der Waals surface area contributed by atoms with Gasteiger partial charge in [0, 0.05) is 12.8 Å². The van der Waals surface area contributed by atoms with Crippen molar-refractivity contribution in [3.8, 4) is 0 Å². The minimum absolute atomic E-state index is 0.0719. The van der Waals surface area contributed by atoms with Gasteiger partial charge in [0.05, 0.1) is 6.61 Å². The van der Waals surface area contributed by atoms with Gasteiger partial charge >= 0.3 is 11.9 Å². The maximum atomic E-state index is 12.4. The predicted molar refractivity (Wildman–Crippen MR) is 371 cm³/mol. The van der Waals surface area contributed by atoms with Crippen molar-refractivity contribution in [2.75, 3.05) is 13.2 Å². The molecule has 0 aromatic rings. The minimum Gasteiger partial charge on any atom is -0.462 e. The van der Waals surface area contributed by atoms with Crippen molar-refractivity contribution >= 4 is 11.9 Å². The first-order valence-corrected chi connectivity index (χ1v) is 35.4. The van der Waals surface area contributed by atoms with Gasteiger partial charge in [0.15, 0.2) is 6.10 Å². The van der Waals surface area contributed by atoms with Crippen LogP contribution in [-0.4, -0.2) is 36.4 Å². The van der Waals surface area contributed by atoms with E-state index in [1.54, 1.807) is 0 Å². The predicted octanol–water partition coefficient (Wildman–Crippen LogP) is 24.9. The van der Waals surface area contributed by atoms with E-state index in [0.29, 0.717) is 12.8 Å². The van der Waals surface area contributed by atoms with Crippen LogP contribution in [0.3, 0.4) is 0 Å². The number of hydrogen-bond acceptors (Lipinski definition) is 5. The monoisotopic (exact) mass is 1160 g/mol. The Bertz CT molecular complexity index is 1750. The first-order valence-electron chi connectivity index (χ1n) is 35.4. The maximum absolute atomic E-state index is 12.4. The van der Waals surface area contributed by atoms with Crippen molar-refractivity contribution in [3.05, 3.63) is 146 Å². The largest absolute Gasteiger partial charge is 0.462 e. The molecule has 5 heteroatoms.